The number of ether oxygens (including phenoxy) is 1. The molecule has 1 aliphatic rings. The number of morpholine rings is 1. The zero-order valence-electron chi connectivity index (χ0n) is 16.2. The molecule has 0 spiro atoms. The average molecular weight is 408 g/mol. The number of guanidine groups is 1. The molecule has 0 aliphatic carbocycles. The zero-order valence-corrected chi connectivity index (χ0v) is 17.8. The summed E-state index contributed by atoms with van der Waals surface area (Å²) in [6.45, 7) is 11.4. The molecule has 0 radical (unpaired) electrons. The SMILES string of the molecule is CCNC(=NCCN1CCOCC1)NCCc1ccc(-c2csc(C)n2)s1. The fourth-order valence-electron chi connectivity index (χ4n) is 2.90. The predicted octanol–water partition coefficient (Wildman–Crippen LogP) is 2.61. The highest BCUT2D eigenvalue weighted by atomic mass is 32.1. The molecule has 2 aromatic heterocycles. The highest BCUT2D eigenvalue weighted by Gasteiger charge is 2.09. The topological polar surface area (TPSA) is 61.8 Å². The third-order valence-corrected chi connectivity index (χ3v) is 6.27. The summed E-state index contributed by atoms with van der Waals surface area (Å²) in [5.41, 5.74) is 1.10. The lowest BCUT2D eigenvalue weighted by Crippen LogP contribution is -2.40. The van der Waals surface area contributed by atoms with Gasteiger partial charge in [-0.15, -0.1) is 22.7 Å². The number of nitrogens with zero attached hydrogens (tertiary/aromatic N) is 3. The van der Waals surface area contributed by atoms with E-state index in [4.69, 9.17) is 9.73 Å². The van der Waals surface area contributed by atoms with Crippen LogP contribution in [0.25, 0.3) is 10.6 Å². The first-order chi connectivity index (χ1) is 13.2. The molecule has 1 saturated heterocycles. The van der Waals surface area contributed by atoms with Crippen LogP contribution in [0.2, 0.25) is 0 Å². The Labute approximate surface area is 169 Å². The van der Waals surface area contributed by atoms with Crippen molar-refractivity contribution in [2.45, 2.75) is 20.3 Å². The van der Waals surface area contributed by atoms with Gasteiger partial charge in [0.15, 0.2) is 5.96 Å². The molecule has 27 heavy (non-hydrogen) atoms. The van der Waals surface area contributed by atoms with Crippen molar-refractivity contribution in [3.63, 3.8) is 0 Å². The number of thiophene rings is 1. The number of aliphatic imine (C=N–C) groups is 1. The van der Waals surface area contributed by atoms with Crippen molar-refractivity contribution in [1.82, 2.24) is 20.5 Å². The van der Waals surface area contributed by atoms with Crippen LogP contribution in [-0.4, -0.2) is 68.3 Å². The van der Waals surface area contributed by atoms with Gasteiger partial charge in [-0.3, -0.25) is 9.89 Å². The Bertz CT molecular complexity index is 721. The Morgan fingerprint density at radius 1 is 1.30 bits per heavy atom. The van der Waals surface area contributed by atoms with Crippen LogP contribution in [0.4, 0.5) is 0 Å². The minimum absolute atomic E-state index is 0.807. The molecule has 8 heteroatoms. The van der Waals surface area contributed by atoms with Crippen LogP contribution in [0.3, 0.4) is 0 Å². The van der Waals surface area contributed by atoms with Crippen molar-refractivity contribution in [1.29, 1.82) is 0 Å². The third-order valence-electron chi connectivity index (χ3n) is 4.33. The summed E-state index contributed by atoms with van der Waals surface area (Å²) in [7, 11) is 0. The quantitative estimate of drug-likeness (QED) is 0.520. The van der Waals surface area contributed by atoms with E-state index in [1.807, 2.05) is 18.3 Å². The number of rotatable bonds is 8. The van der Waals surface area contributed by atoms with Gasteiger partial charge in [-0.25, -0.2) is 4.98 Å². The van der Waals surface area contributed by atoms with Crippen molar-refractivity contribution in [3.05, 3.63) is 27.4 Å². The van der Waals surface area contributed by atoms with Gasteiger partial charge in [-0.1, -0.05) is 0 Å². The lowest BCUT2D eigenvalue weighted by atomic mass is 10.3. The van der Waals surface area contributed by atoms with Crippen molar-refractivity contribution >= 4 is 28.6 Å². The molecule has 2 N–H and O–H groups in total. The van der Waals surface area contributed by atoms with Crippen LogP contribution in [0.15, 0.2) is 22.5 Å². The molecule has 0 bridgehead atoms. The lowest BCUT2D eigenvalue weighted by molar-refractivity contribution is 0.0394. The Kier molecular flexibility index (Phi) is 8.07. The summed E-state index contributed by atoms with van der Waals surface area (Å²) in [5, 5.41) is 10.0. The number of hydrogen-bond acceptors (Lipinski definition) is 6. The van der Waals surface area contributed by atoms with E-state index in [2.05, 4.69) is 45.0 Å². The summed E-state index contributed by atoms with van der Waals surface area (Å²) >= 11 is 3.53. The van der Waals surface area contributed by atoms with Crippen LogP contribution >= 0.6 is 22.7 Å². The van der Waals surface area contributed by atoms with Gasteiger partial charge in [0, 0.05) is 43.0 Å². The van der Waals surface area contributed by atoms with Gasteiger partial charge in [-0.05, 0) is 32.4 Å². The number of hydrogen-bond donors (Lipinski definition) is 2. The zero-order chi connectivity index (χ0) is 18.9. The molecule has 0 saturated carbocycles. The highest BCUT2D eigenvalue weighted by Crippen LogP contribution is 2.29. The van der Waals surface area contributed by atoms with Crippen LogP contribution in [0.1, 0.15) is 16.8 Å². The summed E-state index contributed by atoms with van der Waals surface area (Å²) in [5.74, 6) is 0.901. The molecule has 0 aromatic carbocycles. The first kappa shape index (κ1) is 20.3. The second-order valence-corrected chi connectivity index (χ2v) is 8.64. The maximum Gasteiger partial charge on any atom is 0.191 e. The van der Waals surface area contributed by atoms with E-state index in [9.17, 15) is 0 Å². The molecule has 2 aromatic rings. The van der Waals surface area contributed by atoms with E-state index in [0.29, 0.717) is 0 Å². The van der Waals surface area contributed by atoms with E-state index in [1.165, 1.54) is 9.75 Å². The Hall–Kier alpha value is -1.48. The largest absolute Gasteiger partial charge is 0.379 e. The van der Waals surface area contributed by atoms with Gasteiger partial charge in [0.2, 0.25) is 0 Å². The Balaban J connectivity index is 1.43. The van der Waals surface area contributed by atoms with E-state index in [-0.39, 0.29) is 0 Å². The maximum atomic E-state index is 5.39. The van der Waals surface area contributed by atoms with Gasteiger partial charge in [-0.2, -0.15) is 0 Å². The molecule has 3 heterocycles. The van der Waals surface area contributed by atoms with E-state index in [0.717, 1.165) is 75.6 Å². The maximum absolute atomic E-state index is 5.39. The number of aryl methyl sites for hydroxylation is 1. The smallest absolute Gasteiger partial charge is 0.191 e. The Morgan fingerprint density at radius 3 is 2.89 bits per heavy atom. The molecule has 148 valence electrons. The third kappa shape index (κ3) is 6.57. The van der Waals surface area contributed by atoms with E-state index in [1.54, 1.807) is 11.3 Å². The molecule has 0 amide bonds. The van der Waals surface area contributed by atoms with Crippen LogP contribution < -0.4 is 10.6 Å². The molecular weight excluding hydrogens is 378 g/mol. The van der Waals surface area contributed by atoms with E-state index >= 15 is 0 Å². The molecule has 1 aliphatic heterocycles. The minimum Gasteiger partial charge on any atom is -0.379 e. The fraction of sp³-hybridized carbons (Fsp3) is 0.579. The number of aromatic nitrogens is 1. The number of thiazole rings is 1. The van der Waals surface area contributed by atoms with Crippen molar-refractivity contribution in [2.75, 3.05) is 52.5 Å². The summed E-state index contributed by atoms with van der Waals surface area (Å²) in [6.07, 6.45) is 0.988. The standard InChI is InChI=1S/C19H29N5OS2/c1-3-20-19(22-8-9-24-10-12-25-13-11-24)21-7-6-16-4-5-18(27-16)17-14-26-15(2)23-17/h4-5,14H,3,6-13H2,1-2H3,(H2,20,21,22). The summed E-state index contributed by atoms with van der Waals surface area (Å²) in [6, 6.07) is 4.38. The minimum atomic E-state index is 0.807. The normalized spacial score (nSPS) is 15.9. The van der Waals surface area contributed by atoms with Gasteiger partial charge in [0.05, 0.1) is 35.3 Å². The predicted molar refractivity (Wildman–Crippen MR) is 115 cm³/mol. The molecule has 1 fully saturated rings. The van der Waals surface area contributed by atoms with Crippen molar-refractivity contribution < 1.29 is 4.74 Å². The molecule has 0 unspecified atom stereocenters. The van der Waals surface area contributed by atoms with Gasteiger partial charge in [0.25, 0.3) is 0 Å². The summed E-state index contributed by atoms with van der Waals surface area (Å²) < 4.78 is 5.39. The molecule has 0 atom stereocenters. The van der Waals surface area contributed by atoms with Crippen LogP contribution in [0.5, 0.6) is 0 Å². The van der Waals surface area contributed by atoms with Crippen LogP contribution in [-0.2, 0) is 11.2 Å². The van der Waals surface area contributed by atoms with Crippen molar-refractivity contribution in [2.24, 2.45) is 4.99 Å². The molecular formula is C19H29N5OS2. The Morgan fingerprint density at radius 2 is 2.15 bits per heavy atom. The van der Waals surface area contributed by atoms with Crippen molar-refractivity contribution in [3.8, 4) is 10.6 Å². The lowest BCUT2D eigenvalue weighted by Gasteiger charge is -2.25. The van der Waals surface area contributed by atoms with E-state index < -0.39 is 0 Å². The highest BCUT2D eigenvalue weighted by molar-refractivity contribution is 7.16. The first-order valence-corrected chi connectivity index (χ1v) is 11.3. The molecule has 3 rings (SSSR count). The monoisotopic (exact) mass is 407 g/mol. The second-order valence-electron chi connectivity index (χ2n) is 6.41. The first-order valence-electron chi connectivity index (χ1n) is 9.58. The van der Waals surface area contributed by atoms with Gasteiger partial charge in [0.1, 0.15) is 0 Å². The van der Waals surface area contributed by atoms with Gasteiger partial charge < -0.3 is 15.4 Å². The average Bonchev–Trinajstić information content (AvgIpc) is 3.31. The summed E-state index contributed by atoms with van der Waals surface area (Å²) in [4.78, 5) is 14.3. The fourth-order valence-corrected chi connectivity index (χ4v) is 4.56. The second kappa shape index (κ2) is 10.8. The molecule has 6 nitrogen and oxygen atoms in total. The number of nitrogens with one attached hydrogen (secondary N) is 2. The van der Waals surface area contributed by atoms with Gasteiger partial charge >= 0.3 is 0 Å². The van der Waals surface area contributed by atoms with Crippen LogP contribution in [0, 0.1) is 6.92 Å².